The first-order valence-electron chi connectivity index (χ1n) is 7.67. The van der Waals surface area contributed by atoms with Gasteiger partial charge in [-0.1, -0.05) is 6.07 Å². The van der Waals surface area contributed by atoms with Gasteiger partial charge < -0.3 is 4.90 Å². The first-order chi connectivity index (χ1) is 11.8. The molecule has 0 atom stereocenters. The number of nitrogens with zero attached hydrogens (tertiary/aromatic N) is 1. The van der Waals surface area contributed by atoms with Gasteiger partial charge in [-0.05, 0) is 43.2 Å². The van der Waals surface area contributed by atoms with E-state index in [1.165, 1.54) is 12.1 Å². The second-order valence-corrected chi connectivity index (χ2v) is 7.48. The quantitative estimate of drug-likeness (QED) is 0.904. The van der Waals surface area contributed by atoms with E-state index in [4.69, 9.17) is 0 Å². The third kappa shape index (κ3) is 3.48. The number of sulfonamides is 1. The predicted molar refractivity (Wildman–Crippen MR) is 89.9 cm³/mol. The van der Waals surface area contributed by atoms with Crippen LogP contribution >= 0.6 is 0 Å². The summed E-state index contributed by atoms with van der Waals surface area (Å²) in [4.78, 5) is 12.9. The Balaban J connectivity index is 1.93. The molecule has 1 N–H and O–H groups in total. The molecule has 3 rings (SSSR count). The van der Waals surface area contributed by atoms with Crippen LogP contribution in [0.1, 0.15) is 18.4 Å². The number of anilines is 2. The molecule has 132 valence electrons. The standard InChI is InChI=1S/C17H16F2N2O3S/c1-11-4-6-13(10-15(11)21-8-2-3-17(21)22)20-25(23,24)16-7-5-12(18)9-14(16)19/h4-7,9-10,20H,2-3,8H2,1H3. The number of aryl methyl sites for hydroxylation is 1. The molecule has 1 aliphatic heterocycles. The van der Waals surface area contributed by atoms with Crippen LogP contribution in [-0.2, 0) is 14.8 Å². The van der Waals surface area contributed by atoms with Crippen molar-refractivity contribution in [2.45, 2.75) is 24.7 Å². The summed E-state index contributed by atoms with van der Waals surface area (Å²) in [6.45, 7) is 2.39. The largest absolute Gasteiger partial charge is 0.312 e. The van der Waals surface area contributed by atoms with E-state index in [0.29, 0.717) is 24.7 Å². The minimum Gasteiger partial charge on any atom is -0.312 e. The van der Waals surface area contributed by atoms with E-state index in [9.17, 15) is 22.0 Å². The number of halogens is 2. The smallest absolute Gasteiger partial charge is 0.264 e. The highest BCUT2D eigenvalue weighted by atomic mass is 32.2. The SMILES string of the molecule is Cc1ccc(NS(=O)(=O)c2ccc(F)cc2F)cc1N1CCCC1=O. The molecule has 2 aromatic carbocycles. The lowest BCUT2D eigenvalue weighted by Gasteiger charge is -2.19. The van der Waals surface area contributed by atoms with Crippen LogP contribution in [0.15, 0.2) is 41.3 Å². The fourth-order valence-electron chi connectivity index (χ4n) is 2.77. The third-order valence-electron chi connectivity index (χ3n) is 4.01. The first-order valence-corrected chi connectivity index (χ1v) is 9.15. The average Bonchev–Trinajstić information content (AvgIpc) is 2.94. The molecular formula is C17H16F2N2O3S. The minimum atomic E-state index is -4.22. The topological polar surface area (TPSA) is 66.5 Å². The van der Waals surface area contributed by atoms with E-state index in [1.807, 2.05) is 6.92 Å². The maximum atomic E-state index is 13.8. The average molecular weight is 366 g/mol. The number of rotatable bonds is 4. The minimum absolute atomic E-state index is 0.0207. The summed E-state index contributed by atoms with van der Waals surface area (Å²) in [7, 11) is -4.22. The normalized spacial score (nSPS) is 14.8. The Morgan fingerprint density at radius 1 is 1.12 bits per heavy atom. The van der Waals surface area contributed by atoms with Gasteiger partial charge in [-0.15, -0.1) is 0 Å². The van der Waals surface area contributed by atoms with Crippen molar-refractivity contribution in [2.24, 2.45) is 0 Å². The summed E-state index contributed by atoms with van der Waals surface area (Å²) in [5.41, 5.74) is 1.64. The second-order valence-electron chi connectivity index (χ2n) is 5.83. The van der Waals surface area contributed by atoms with Gasteiger partial charge in [0.05, 0.1) is 5.69 Å². The molecule has 1 heterocycles. The van der Waals surface area contributed by atoms with Crippen molar-refractivity contribution in [3.8, 4) is 0 Å². The van der Waals surface area contributed by atoms with Crippen LogP contribution in [0.3, 0.4) is 0 Å². The molecule has 0 spiro atoms. The summed E-state index contributed by atoms with van der Waals surface area (Å²) in [5, 5.41) is 0. The van der Waals surface area contributed by atoms with Gasteiger partial charge in [-0.2, -0.15) is 0 Å². The van der Waals surface area contributed by atoms with E-state index in [1.54, 1.807) is 11.0 Å². The van der Waals surface area contributed by atoms with Crippen LogP contribution in [0, 0.1) is 18.6 Å². The Kier molecular flexibility index (Phi) is 4.47. The molecule has 5 nitrogen and oxygen atoms in total. The Labute approximate surface area is 144 Å². The number of benzene rings is 2. The molecule has 2 aromatic rings. The van der Waals surface area contributed by atoms with E-state index in [-0.39, 0.29) is 11.6 Å². The van der Waals surface area contributed by atoms with E-state index < -0.39 is 26.6 Å². The number of nitrogens with one attached hydrogen (secondary N) is 1. The number of carbonyl (C=O) groups is 1. The van der Waals surface area contributed by atoms with Gasteiger partial charge in [-0.3, -0.25) is 9.52 Å². The zero-order valence-corrected chi connectivity index (χ0v) is 14.2. The molecule has 25 heavy (non-hydrogen) atoms. The summed E-state index contributed by atoms with van der Waals surface area (Å²) >= 11 is 0. The zero-order valence-electron chi connectivity index (χ0n) is 13.4. The summed E-state index contributed by atoms with van der Waals surface area (Å²) in [6, 6.07) is 7.00. The van der Waals surface area contributed by atoms with Gasteiger partial charge in [0.2, 0.25) is 5.91 Å². The summed E-state index contributed by atoms with van der Waals surface area (Å²) in [5.74, 6) is -2.05. The number of carbonyl (C=O) groups excluding carboxylic acids is 1. The van der Waals surface area contributed by atoms with E-state index >= 15 is 0 Å². The maximum absolute atomic E-state index is 13.8. The molecule has 1 fully saturated rings. The lowest BCUT2D eigenvalue weighted by molar-refractivity contribution is -0.117. The molecule has 0 bridgehead atoms. The van der Waals surface area contributed by atoms with E-state index in [2.05, 4.69) is 4.72 Å². The molecule has 0 saturated carbocycles. The fraction of sp³-hybridized carbons (Fsp3) is 0.235. The van der Waals surface area contributed by atoms with Crippen LogP contribution < -0.4 is 9.62 Å². The van der Waals surface area contributed by atoms with Crippen molar-refractivity contribution in [2.75, 3.05) is 16.2 Å². The molecule has 1 amide bonds. The number of hydrogen-bond donors (Lipinski definition) is 1. The van der Waals surface area contributed by atoms with Crippen molar-refractivity contribution >= 4 is 27.3 Å². The van der Waals surface area contributed by atoms with Gasteiger partial charge in [0.25, 0.3) is 10.0 Å². The maximum Gasteiger partial charge on any atom is 0.264 e. The molecule has 1 saturated heterocycles. The van der Waals surface area contributed by atoms with Gasteiger partial charge in [0.15, 0.2) is 0 Å². The molecule has 1 aliphatic rings. The fourth-order valence-corrected chi connectivity index (χ4v) is 3.88. The van der Waals surface area contributed by atoms with Crippen molar-refractivity contribution in [1.82, 2.24) is 0 Å². The van der Waals surface area contributed by atoms with Gasteiger partial charge in [0.1, 0.15) is 16.5 Å². The highest BCUT2D eigenvalue weighted by molar-refractivity contribution is 7.92. The van der Waals surface area contributed by atoms with Crippen molar-refractivity contribution in [3.05, 3.63) is 53.6 Å². The van der Waals surface area contributed by atoms with Crippen LogP contribution in [-0.4, -0.2) is 20.9 Å². The highest BCUT2D eigenvalue weighted by Gasteiger charge is 2.24. The van der Waals surface area contributed by atoms with Crippen molar-refractivity contribution in [1.29, 1.82) is 0 Å². The Morgan fingerprint density at radius 2 is 1.88 bits per heavy atom. The van der Waals surface area contributed by atoms with Crippen LogP contribution in [0.25, 0.3) is 0 Å². The molecular weight excluding hydrogens is 350 g/mol. The lowest BCUT2D eigenvalue weighted by atomic mass is 10.1. The third-order valence-corrected chi connectivity index (χ3v) is 5.42. The highest BCUT2D eigenvalue weighted by Crippen LogP contribution is 2.29. The Bertz CT molecular complexity index is 945. The molecule has 8 heteroatoms. The zero-order chi connectivity index (χ0) is 18.2. The van der Waals surface area contributed by atoms with Crippen LogP contribution in [0.4, 0.5) is 20.2 Å². The summed E-state index contributed by atoms with van der Waals surface area (Å²) in [6.07, 6.45) is 1.20. The Morgan fingerprint density at radius 3 is 2.52 bits per heavy atom. The molecule has 0 aliphatic carbocycles. The predicted octanol–water partition coefficient (Wildman–Crippen LogP) is 3.20. The van der Waals surface area contributed by atoms with E-state index in [0.717, 1.165) is 24.1 Å². The van der Waals surface area contributed by atoms with Crippen LogP contribution in [0.2, 0.25) is 0 Å². The first kappa shape index (κ1) is 17.3. The van der Waals surface area contributed by atoms with Gasteiger partial charge >= 0.3 is 0 Å². The van der Waals surface area contributed by atoms with Crippen molar-refractivity contribution in [3.63, 3.8) is 0 Å². The lowest BCUT2D eigenvalue weighted by Crippen LogP contribution is -2.24. The Hall–Kier alpha value is -2.48. The number of amides is 1. The summed E-state index contributed by atoms with van der Waals surface area (Å²) < 4.78 is 53.7. The molecule has 0 unspecified atom stereocenters. The number of hydrogen-bond acceptors (Lipinski definition) is 3. The second kappa shape index (κ2) is 6.44. The molecule has 0 radical (unpaired) electrons. The molecule has 0 aromatic heterocycles. The monoisotopic (exact) mass is 366 g/mol. The van der Waals surface area contributed by atoms with Gasteiger partial charge in [-0.25, -0.2) is 17.2 Å². The van der Waals surface area contributed by atoms with Crippen molar-refractivity contribution < 1.29 is 22.0 Å². The van der Waals surface area contributed by atoms with Gasteiger partial charge in [0, 0.05) is 24.7 Å². The van der Waals surface area contributed by atoms with Crippen LogP contribution in [0.5, 0.6) is 0 Å².